The van der Waals surface area contributed by atoms with E-state index in [1.807, 2.05) is 19.1 Å². The molecule has 0 bridgehead atoms. The molecule has 8 nitrogen and oxygen atoms in total. The first kappa shape index (κ1) is 23.0. The van der Waals surface area contributed by atoms with E-state index in [4.69, 9.17) is 9.47 Å². The highest BCUT2D eigenvalue weighted by Gasteiger charge is 2.38. The van der Waals surface area contributed by atoms with Crippen LogP contribution >= 0.6 is 0 Å². The number of anilines is 2. The number of aryl methyl sites for hydroxylation is 1. The maximum Gasteiger partial charge on any atom is 0.312 e. The maximum atomic E-state index is 12.6. The highest BCUT2D eigenvalue weighted by molar-refractivity contribution is 6.01. The molecule has 32 heavy (non-hydrogen) atoms. The van der Waals surface area contributed by atoms with Gasteiger partial charge in [0.15, 0.2) is 11.9 Å². The van der Waals surface area contributed by atoms with E-state index < -0.39 is 23.9 Å². The van der Waals surface area contributed by atoms with Crippen LogP contribution in [0, 0.1) is 12.8 Å². The van der Waals surface area contributed by atoms with Crippen molar-refractivity contribution in [3.63, 3.8) is 0 Å². The zero-order valence-electron chi connectivity index (χ0n) is 18.5. The topological polar surface area (TPSA) is 102 Å². The van der Waals surface area contributed by atoms with Crippen LogP contribution in [0.4, 0.5) is 11.4 Å². The number of carbonyl (C=O) groups is 4. The Hall–Kier alpha value is -3.68. The number of methoxy groups -OCH3 is 1. The van der Waals surface area contributed by atoms with Gasteiger partial charge >= 0.3 is 5.97 Å². The van der Waals surface area contributed by atoms with Crippen molar-refractivity contribution in [1.29, 1.82) is 0 Å². The molecular weight excluding hydrogens is 412 g/mol. The summed E-state index contributed by atoms with van der Waals surface area (Å²) in [4.78, 5) is 50.5. The van der Waals surface area contributed by atoms with Gasteiger partial charge in [-0.3, -0.25) is 19.2 Å². The zero-order valence-corrected chi connectivity index (χ0v) is 18.5. The van der Waals surface area contributed by atoms with E-state index in [1.165, 1.54) is 25.9 Å². The van der Waals surface area contributed by atoms with Gasteiger partial charge in [0.1, 0.15) is 5.75 Å². The summed E-state index contributed by atoms with van der Waals surface area (Å²) in [5.41, 5.74) is 2.58. The van der Waals surface area contributed by atoms with Crippen LogP contribution in [0.5, 0.6) is 5.75 Å². The number of nitrogens with one attached hydrogen (secondary N) is 1. The first-order chi connectivity index (χ1) is 15.2. The molecule has 0 saturated carbocycles. The van der Waals surface area contributed by atoms with Crippen LogP contribution in [0.2, 0.25) is 0 Å². The molecule has 1 saturated heterocycles. The van der Waals surface area contributed by atoms with Gasteiger partial charge in [0.2, 0.25) is 5.91 Å². The minimum absolute atomic E-state index is 0.00320. The average Bonchev–Trinajstić information content (AvgIpc) is 3.15. The molecule has 1 N–H and O–H groups in total. The van der Waals surface area contributed by atoms with Gasteiger partial charge in [0.05, 0.1) is 18.7 Å². The van der Waals surface area contributed by atoms with E-state index in [0.29, 0.717) is 22.7 Å². The number of rotatable bonds is 7. The van der Waals surface area contributed by atoms with E-state index in [0.717, 1.165) is 5.56 Å². The van der Waals surface area contributed by atoms with Crippen LogP contribution in [0.3, 0.4) is 0 Å². The number of carbonyl (C=O) groups excluding carboxylic acids is 4. The van der Waals surface area contributed by atoms with Gasteiger partial charge in [-0.2, -0.15) is 0 Å². The quantitative estimate of drug-likeness (QED) is 0.526. The molecular formula is C24H26N2O6. The lowest BCUT2D eigenvalue weighted by molar-refractivity contribution is -0.157. The van der Waals surface area contributed by atoms with Crippen LogP contribution in [-0.2, 0) is 19.1 Å². The average molecular weight is 438 g/mol. The third-order valence-electron chi connectivity index (χ3n) is 5.30. The second-order valence-electron chi connectivity index (χ2n) is 7.78. The smallest absolute Gasteiger partial charge is 0.312 e. The molecule has 1 aliphatic rings. The SMILES string of the molecule is COc1ccc(C)cc1N1C[C@H](C(=O)O[C@H](C)C(=O)Nc2ccc(C(C)=O)cc2)CC1=O. The minimum Gasteiger partial charge on any atom is -0.495 e. The summed E-state index contributed by atoms with van der Waals surface area (Å²) in [6, 6.07) is 11.9. The summed E-state index contributed by atoms with van der Waals surface area (Å²) in [6.45, 7) is 4.98. The first-order valence-corrected chi connectivity index (χ1v) is 10.3. The molecule has 0 aromatic heterocycles. The molecule has 1 aliphatic heterocycles. The summed E-state index contributed by atoms with van der Waals surface area (Å²) in [5.74, 6) is -1.54. The van der Waals surface area contributed by atoms with Crippen molar-refractivity contribution in [2.75, 3.05) is 23.9 Å². The van der Waals surface area contributed by atoms with Gasteiger partial charge in [0, 0.05) is 24.2 Å². The molecule has 0 spiro atoms. The minimum atomic E-state index is -1.05. The number of ketones is 1. The van der Waals surface area contributed by atoms with Crippen LogP contribution in [0.15, 0.2) is 42.5 Å². The molecule has 3 rings (SSSR count). The Balaban J connectivity index is 1.61. The van der Waals surface area contributed by atoms with Crippen LogP contribution in [-0.4, -0.2) is 43.3 Å². The van der Waals surface area contributed by atoms with Gasteiger partial charge < -0.3 is 19.7 Å². The third kappa shape index (κ3) is 5.14. The summed E-state index contributed by atoms with van der Waals surface area (Å²) in [6.07, 6.45) is -1.05. The summed E-state index contributed by atoms with van der Waals surface area (Å²) in [7, 11) is 1.52. The molecule has 1 fully saturated rings. The Morgan fingerprint density at radius 3 is 2.44 bits per heavy atom. The van der Waals surface area contributed by atoms with E-state index in [1.54, 1.807) is 30.3 Å². The van der Waals surface area contributed by atoms with Crippen molar-refractivity contribution in [3.05, 3.63) is 53.6 Å². The number of ether oxygens (including phenoxy) is 2. The predicted octanol–water partition coefficient (Wildman–Crippen LogP) is 3.13. The van der Waals surface area contributed by atoms with Crippen molar-refractivity contribution < 1.29 is 28.7 Å². The lowest BCUT2D eigenvalue weighted by Gasteiger charge is -2.20. The van der Waals surface area contributed by atoms with Gasteiger partial charge in [-0.1, -0.05) is 6.07 Å². The highest BCUT2D eigenvalue weighted by Crippen LogP contribution is 2.34. The van der Waals surface area contributed by atoms with Gasteiger partial charge in [-0.25, -0.2) is 0 Å². The molecule has 0 radical (unpaired) electrons. The number of benzene rings is 2. The van der Waals surface area contributed by atoms with Crippen LogP contribution in [0.1, 0.15) is 36.2 Å². The molecule has 2 amide bonds. The Labute approximate surface area is 186 Å². The second-order valence-corrected chi connectivity index (χ2v) is 7.78. The largest absolute Gasteiger partial charge is 0.495 e. The zero-order chi connectivity index (χ0) is 23.4. The first-order valence-electron chi connectivity index (χ1n) is 10.3. The van der Waals surface area contributed by atoms with Crippen LogP contribution in [0.25, 0.3) is 0 Å². The van der Waals surface area contributed by atoms with Crippen LogP contribution < -0.4 is 15.0 Å². The fourth-order valence-corrected chi connectivity index (χ4v) is 3.47. The molecule has 2 aromatic carbocycles. The van der Waals surface area contributed by atoms with E-state index in [2.05, 4.69) is 5.32 Å². The Kier molecular flexibility index (Phi) is 6.92. The standard InChI is InChI=1S/C24H26N2O6/c1-14-5-10-21(31-4)20(11-14)26-13-18(12-22(26)28)24(30)32-16(3)23(29)25-19-8-6-17(7-9-19)15(2)27/h5-11,16,18H,12-13H2,1-4H3,(H,25,29)/t16-,18-/m1/s1. The van der Waals surface area contributed by atoms with E-state index in [9.17, 15) is 19.2 Å². The van der Waals surface area contributed by atoms with Crippen molar-refractivity contribution >= 4 is 34.9 Å². The molecule has 2 atom stereocenters. The van der Waals surface area contributed by atoms with E-state index in [-0.39, 0.29) is 24.7 Å². The Morgan fingerprint density at radius 2 is 1.81 bits per heavy atom. The van der Waals surface area contributed by atoms with Crippen molar-refractivity contribution in [3.8, 4) is 5.75 Å². The van der Waals surface area contributed by atoms with Gasteiger partial charge in [0.25, 0.3) is 5.91 Å². The third-order valence-corrected chi connectivity index (χ3v) is 5.30. The second kappa shape index (κ2) is 9.64. The predicted molar refractivity (Wildman–Crippen MR) is 119 cm³/mol. The Bertz CT molecular complexity index is 1050. The molecule has 2 aromatic rings. The normalized spacial score (nSPS) is 16.4. The summed E-state index contributed by atoms with van der Waals surface area (Å²) < 4.78 is 10.7. The summed E-state index contributed by atoms with van der Waals surface area (Å²) in [5, 5.41) is 2.65. The molecule has 0 unspecified atom stereocenters. The lowest BCUT2D eigenvalue weighted by atomic mass is 10.1. The van der Waals surface area contributed by atoms with Gasteiger partial charge in [-0.05, 0) is 62.7 Å². The number of hydrogen-bond donors (Lipinski definition) is 1. The fourth-order valence-electron chi connectivity index (χ4n) is 3.47. The van der Waals surface area contributed by atoms with Crippen molar-refractivity contribution in [2.45, 2.75) is 33.3 Å². The van der Waals surface area contributed by atoms with E-state index >= 15 is 0 Å². The fraction of sp³-hybridized carbons (Fsp3) is 0.333. The molecule has 8 heteroatoms. The number of nitrogens with zero attached hydrogens (tertiary/aromatic N) is 1. The van der Waals surface area contributed by atoms with Gasteiger partial charge in [-0.15, -0.1) is 0 Å². The number of amides is 2. The highest BCUT2D eigenvalue weighted by atomic mass is 16.5. The van der Waals surface area contributed by atoms with Crippen molar-refractivity contribution in [2.24, 2.45) is 5.92 Å². The lowest BCUT2D eigenvalue weighted by Crippen LogP contribution is -2.33. The summed E-state index contributed by atoms with van der Waals surface area (Å²) >= 11 is 0. The van der Waals surface area contributed by atoms with Crippen molar-refractivity contribution in [1.82, 2.24) is 0 Å². The number of hydrogen-bond acceptors (Lipinski definition) is 6. The Morgan fingerprint density at radius 1 is 1.12 bits per heavy atom. The molecule has 1 heterocycles. The monoisotopic (exact) mass is 438 g/mol. The maximum absolute atomic E-state index is 12.6. The molecule has 168 valence electrons. The number of esters is 1. The number of Topliss-reactive ketones (excluding diaryl/α,β-unsaturated/α-hetero) is 1. The molecule has 0 aliphatic carbocycles.